The number of benzene rings is 3. The second-order valence-electron chi connectivity index (χ2n) is 9.62. The molecule has 0 bridgehead atoms. The van der Waals surface area contributed by atoms with Gasteiger partial charge in [-0.05, 0) is 42.7 Å². The first-order chi connectivity index (χ1) is 18.5. The van der Waals surface area contributed by atoms with E-state index in [1.165, 1.54) is 7.11 Å². The van der Waals surface area contributed by atoms with E-state index in [2.05, 4.69) is 16.3 Å². The molecule has 0 saturated carbocycles. The number of hydrogen-bond donors (Lipinski definition) is 1. The lowest BCUT2D eigenvalue weighted by Gasteiger charge is -2.22. The average molecular weight is 510 g/mol. The molecular formula is C31H31N3O4. The summed E-state index contributed by atoms with van der Waals surface area (Å²) in [5, 5.41) is 3.97. The van der Waals surface area contributed by atoms with Gasteiger partial charge in [-0.15, -0.1) is 0 Å². The standard InChI is InChI=1S/C31H31N3O4/c1-20-15-21(13-14-29(20)37-2)18-34-19-23(16-28(34)31(36)38-3)32-30(35)25-17-27(22-9-5-4-6-10-22)33-26-12-8-7-11-24(25)26/h4-15,17,23,28H,16,18-19H2,1-3H3,(H,32,35)/t23-,28+/m1/s1. The molecule has 2 heterocycles. The lowest BCUT2D eigenvalue weighted by Crippen LogP contribution is -2.37. The quantitative estimate of drug-likeness (QED) is 0.362. The second kappa shape index (κ2) is 11.0. The zero-order chi connectivity index (χ0) is 26.6. The van der Waals surface area contributed by atoms with E-state index in [-0.39, 0.29) is 17.9 Å². The molecule has 0 radical (unpaired) electrons. The summed E-state index contributed by atoms with van der Waals surface area (Å²) in [6.07, 6.45) is 0.474. The Morgan fingerprint density at radius 1 is 1.00 bits per heavy atom. The van der Waals surface area contributed by atoms with Gasteiger partial charge in [0.05, 0.1) is 31.0 Å². The van der Waals surface area contributed by atoms with Crippen molar-refractivity contribution >= 4 is 22.8 Å². The summed E-state index contributed by atoms with van der Waals surface area (Å²) in [6, 6.07) is 24.7. The minimum absolute atomic E-state index is 0.184. The number of pyridine rings is 1. The predicted octanol–water partition coefficient (Wildman–Crippen LogP) is 4.76. The van der Waals surface area contributed by atoms with Crippen LogP contribution in [0.5, 0.6) is 5.75 Å². The van der Waals surface area contributed by atoms with E-state index in [1.807, 2.05) is 79.7 Å². The van der Waals surface area contributed by atoms with Crippen LogP contribution in [0.25, 0.3) is 22.2 Å². The van der Waals surface area contributed by atoms with Crippen LogP contribution in [0, 0.1) is 6.92 Å². The summed E-state index contributed by atoms with van der Waals surface area (Å²) in [5.74, 6) is 0.341. The smallest absolute Gasteiger partial charge is 0.323 e. The lowest BCUT2D eigenvalue weighted by molar-refractivity contribution is -0.146. The van der Waals surface area contributed by atoms with Crippen molar-refractivity contribution in [1.82, 2.24) is 15.2 Å². The summed E-state index contributed by atoms with van der Waals surface area (Å²) in [7, 11) is 3.05. The van der Waals surface area contributed by atoms with Gasteiger partial charge in [-0.25, -0.2) is 4.98 Å². The van der Waals surface area contributed by atoms with Gasteiger partial charge in [-0.2, -0.15) is 0 Å². The molecule has 194 valence electrons. The molecule has 38 heavy (non-hydrogen) atoms. The molecule has 1 aromatic heterocycles. The van der Waals surface area contributed by atoms with Gasteiger partial charge in [-0.1, -0.05) is 60.7 Å². The summed E-state index contributed by atoms with van der Waals surface area (Å²) < 4.78 is 10.5. The van der Waals surface area contributed by atoms with Crippen LogP contribution in [-0.4, -0.2) is 54.6 Å². The van der Waals surface area contributed by atoms with Crippen molar-refractivity contribution in [3.05, 3.63) is 95.6 Å². The number of nitrogens with zero attached hydrogens (tertiary/aromatic N) is 2. The third-order valence-electron chi connectivity index (χ3n) is 7.09. The Balaban J connectivity index is 1.39. The Bertz CT molecular complexity index is 1470. The summed E-state index contributed by atoms with van der Waals surface area (Å²) in [4.78, 5) is 33.1. The highest BCUT2D eigenvalue weighted by Gasteiger charge is 2.38. The molecule has 3 aromatic carbocycles. The van der Waals surface area contributed by atoms with E-state index in [1.54, 1.807) is 7.11 Å². The molecule has 0 aliphatic carbocycles. The van der Waals surface area contributed by atoms with E-state index >= 15 is 0 Å². The van der Waals surface area contributed by atoms with Crippen molar-refractivity contribution in [1.29, 1.82) is 0 Å². The monoisotopic (exact) mass is 509 g/mol. The van der Waals surface area contributed by atoms with Crippen LogP contribution < -0.4 is 10.1 Å². The first kappa shape index (κ1) is 25.4. The highest BCUT2D eigenvalue weighted by atomic mass is 16.5. The van der Waals surface area contributed by atoms with Crippen LogP contribution in [0.3, 0.4) is 0 Å². The number of esters is 1. The highest BCUT2D eigenvalue weighted by molar-refractivity contribution is 6.07. The van der Waals surface area contributed by atoms with Crippen LogP contribution in [0.4, 0.5) is 0 Å². The van der Waals surface area contributed by atoms with Gasteiger partial charge in [0.1, 0.15) is 11.8 Å². The van der Waals surface area contributed by atoms with Gasteiger partial charge in [-0.3, -0.25) is 14.5 Å². The number of ether oxygens (including phenoxy) is 2. The maximum Gasteiger partial charge on any atom is 0.323 e. The van der Waals surface area contributed by atoms with Crippen LogP contribution in [0.1, 0.15) is 27.9 Å². The Morgan fingerprint density at radius 2 is 1.76 bits per heavy atom. The third-order valence-corrected chi connectivity index (χ3v) is 7.09. The third kappa shape index (κ3) is 5.24. The highest BCUT2D eigenvalue weighted by Crippen LogP contribution is 2.27. The molecule has 2 atom stereocenters. The summed E-state index contributed by atoms with van der Waals surface area (Å²) in [6.45, 7) is 3.09. The molecule has 1 N–H and O–H groups in total. The fourth-order valence-corrected chi connectivity index (χ4v) is 5.22. The van der Waals surface area contributed by atoms with E-state index in [9.17, 15) is 9.59 Å². The number of nitrogens with one attached hydrogen (secondary N) is 1. The number of para-hydroxylation sites is 1. The minimum Gasteiger partial charge on any atom is -0.496 e. The number of aryl methyl sites for hydroxylation is 1. The van der Waals surface area contributed by atoms with Crippen LogP contribution in [-0.2, 0) is 16.1 Å². The number of methoxy groups -OCH3 is 2. The molecule has 0 spiro atoms. The first-order valence-corrected chi connectivity index (χ1v) is 12.7. The minimum atomic E-state index is -0.443. The van der Waals surface area contributed by atoms with Crippen LogP contribution >= 0.6 is 0 Å². The Labute approximate surface area is 222 Å². The molecule has 0 unspecified atom stereocenters. The summed E-state index contributed by atoms with van der Waals surface area (Å²) in [5.41, 5.74) is 5.10. The van der Waals surface area contributed by atoms with Gasteiger partial charge < -0.3 is 14.8 Å². The summed E-state index contributed by atoms with van der Waals surface area (Å²) >= 11 is 0. The van der Waals surface area contributed by atoms with Crippen molar-refractivity contribution in [2.45, 2.75) is 32.0 Å². The van der Waals surface area contributed by atoms with Crippen molar-refractivity contribution in [2.75, 3.05) is 20.8 Å². The van der Waals surface area contributed by atoms with Crippen molar-refractivity contribution in [3.8, 4) is 17.0 Å². The van der Waals surface area contributed by atoms with Crippen LogP contribution in [0.15, 0.2) is 78.9 Å². The van der Waals surface area contributed by atoms with E-state index < -0.39 is 6.04 Å². The number of fused-ring (bicyclic) bond motifs is 1. The molecule has 4 aromatic rings. The van der Waals surface area contributed by atoms with E-state index in [0.29, 0.717) is 25.1 Å². The molecule has 1 amide bonds. The maximum atomic E-state index is 13.6. The van der Waals surface area contributed by atoms with Gasteiger partial charge in [0.15, 0.2) is 0 Å². The number of carbonyl (C=O) groups excluding carboxylic acids is 2. The van der Waals surface area contributed by atoms with Crippen molar-refractivity contribution in [2.24, 2.45) is 0 Å². The Morgan fingerprint density at radius 3 is 2.50 bits per heavy atom. The lowest BCUT2D eigenvalue weighted by atomic mass is 10.0. The van der Waals surface area contributed by atoms with Gasteiger partial charge in [0.25, 0.3) is 5.91 Å². The second-order valence-corrected chi connectivity index (χ2v) is 9.62. The van der Waals surface area contributed by atoms with Crippen LogP contribution in [0.2, 0.25) is 0 Å². The maximum absolute atomic E-state index is 13.6. The SMILES string of the molecule is COC(=O)[C@@H]1C[C@@H](NC(=O)c2cc(-c3ccccc3)nc3ccccc23)CN1Cc1ccc(OC)c(C)c1. The zero-order valence-corrected chi connectivity index (χ0v) is 21.8. The molecule has 5 rings (SSSR count). The number of hydrogen-bond acceptors (Lipinski definition) is 6. The Hall–Kier alpha value is -4.23. The zero-order valence-electron chi connectivity index (χ0n) is 21.8. The van der Waals surface area contributed by atoms with Crippen molar-refractivity contribution in [3.63, 3.8) is 0 Å². The molecule has 7 heteroatoms. The van der Waals surface area contributed by atoms with E-state index in [4.69, 9.17) is 14.5 Å². The average Bonchev–Trinajstić information content (AvgIpc) is 3.34. The number of amides is 1. The Kier molecular flexibility index (Phi) is 7.38. The molecule has 1 aliphatic heterocycles. The van der Waals surface area contributed by atoms with Gasteiger partial charge in [0.2, 0.25) is 0 Å². The fraction of sp³-hybridized carbons (Fsp3) is 0.258. The topological polar surface area (TPSA) is 80.8 Å². The number of aromatic nitrogens is 1. The van der Waals surface area contributed by atoms with E-state index in [0.717, 1.165) is 39.0 Å². The number of rotatable bonds is 7. The number of likely N-dealkylation sites (tertiary alicyclic amines) is 1. The molecule has 1 saturated heterocycles. The molecular weight excluding hydrogens is 478 g/mol. The van der Waals surface area contributed by atoms with Gasteiger partial charge in [0, 0.05) is 30.1 Å². The van der Waals surface area contributed by atoms with Gasteiger partial charge >= 0.3 is 5.97 Å². The molecule has 1 aliphatic rings. The number of carbonyl (C=O) groups is 2. The predicted molar refractivity (Wildman–Crippen MR) is 147 cm³/mol. The molecule has 1 fully saturated rings. The largest absolute Gasteiger partial charge is 0.496 e. The normalized spacial score (nSPS) is 17.3. The molecule has 7 nitrogen and oxygen atoms in total. The first-order valence-electron chi connectivity index (χ1n) is 12.7. The fourth-order valence-electron chi connectivity index (χ4n) is 5.22. The van der Waals surface area contributed by atoms with Crippen molar-refractivity contribution < 1.29 is 19.1 Å².